The fourth-order valence-corrected chi connectivity index (χ4v) is 5.70. The molecule has 5 heteroatoms. The minimum atomic E-state index is 0.248. The summed E-state index contributed by atoms with van der Waals surface area (Å²) in [6.07, 6.45) is 7.89. The van der Waals surface area contributed by atoms with Crippen molar-refractivity contribution in [1.82, 2.24) is 14.9 Å². The molecular weight excluding hydrogens is 426 g/mol. The highest BCUT2D eigenvalue weighted by atomic mass is 32.2. The van der Waals surface area contributed by atoms with E-state index in [4.69, 9.17) is 4.98 Å². The van der Waals surface area contributed by atoms with Gasteiger partial charge in [-0.3, -0.25) is 4.79 Å². The van der Waals surface area contributed by atoms with Crippen molar-refractivity contribution in [3.05, 3.63) is 60.7 Å². The van der Waals surface area contributed by atoms with Crippen molar-refractivity contribution in [2.75, 3.05) is 12.3 Å². The van der Waals surface area contributed by atoms with E-state index in [0.29, 0.717) is 0 Å². The number of rotatable bonds is 10. The van der Waals surface area contributed by atoms with Crippen LogP contribution >= 0.6 is 11.8 Å². The number of nitrogens with zero attached hydrogens (tertiary/aromatic N) is 2. The quantitative estimate of drug-likeness (QED) is 0.267. The monoisotopic (exact) mass is 461 g/mol. The van der Waals surface area contributed by atoms with Crippen LogP contribution in [0.15, 0.2) is 65.8 Å². The zero-order valence-corrected chi connectivity index (χ0v) is 20.4. The number of amides is 1. The summed E-state index contributed by atoms with van der Waals surface area (Å²) >= 11 is 1.82. The molecule has 0 radical (unpaired) electrons. The van der Waals surface area contributed by atoms with Gasteiger partial charge in [0.2, 0.25) is 5.91 Å². The third-order valence-corrected chi connectivity index (χ3v) is 7.48. The number of thioether (sulfide) groups is 1. The SMILES string of the molecule is CCn1c(SCCCCNC(=O)C2CCCCC2)nc(-c2ccccc2)c1-c1ccccc1. The van der Waals surface area contributed by atoms with E-state index in [1.54, 1.807) is 0 Å². The van der Waals surface area contributed by atoms with Crippen LogP contribution in [-0.2, 0) is 11.3 Å². The molecule has 33 heavy (non-hydrogen) atoms. The van der Waals surface area contributed by atoms with Gasteiger partial charge in [-0.1, -0.05) is 91.7 Å². The Balaban J connectivity index is 1.38. The third kappa shape index (κ3) is 6.08. The molecule has 1 saturated carbocycles. The van der Waals surface area contributed by atoms with Crippen molar-refractivity contribution in [2.45, 2.75) is 63.6 Å². The van der Waals surface area contributed by atoms with Crippen LogP contribution in [0, 0.1) is 5.92 Å². The molecule has 3 aromatic rings. The molecule has 1 aliphatic carbocycles. The molecule has 1 heterocycles. The Hall–Kier alpha value is -2.53. The van der Waals surface area contributed by atoms with Crippen molar-refractivity contribution >= 4 is 17.7 Å². The van der Waals surface area contributed by atoms with Gasteiger partial charge in [0.1, 0.15) is 0 Å². The fourth-order valence-electron chi connectivity index (χ4n) is 4.63. The number of benzene rings is 2. The fraction of sp³-hybridized carbons (Fsp3) is 0.429. The van der Waals surface area contributed by atoms with E-state index >= 15 is 0 Å². The van der Waals surface area contributed by atoms with Crippen LogP contribution in [-0.4, -0.2) is 27.8 Å². The molecule has 1 aromatic heterocycles. The summed E-state index contributed by atoms with van der Waals surface area (Å²) < 4.78 is 2.34. The molecule has 0 aliphatic heterocycles. The zero-order chi connectivity index (χ0) is 22.9. The summed E-state index contributed by atoms with van der Waals surface area (Å²) in [5, 5.41) is 4.23. The Morgan fingerprint density at radius 3 is 2.30 bits per heavy atom. The minimum Gasteiger partial charge on any atom is -0.356 e. The normalized spacial score (nSPS) is 14.3. The topological polar surface area (TPSA) is 46.9 Å². The Labute approximate surface area is 202 Å². The van der Waals surface area contributed by atoms with Crippen molar-refractivity contribution in [3.63, 3.8) is 0 Å². The molecule has 2 aromatic carbocycles. The van der Waals surface area contributed by atoms with Gasteiger partial charge in [0.25, 0.3) is 0 Å². The molecule has 1 aliphatic rings. The molecule has 0 saturated heterocycles. The molecule has 0 unspecified atom stereocenters. The molecule has 4 nitrogen and oxygen atoms in total. The van der Waals surface area contributed by atoms with Gasteiger partial charge in [-0.15, -0.1) is 0 Å². The molecule has 0 atom stereocenters. The molecule has 1 N–H and O–H groups in total. The predicted molar refractivity (Wildman–Crippen MR) is 138 cm³/mol. The largest absolute Gasteiger partial charge is 0.356 e. The highest BCUT2D eigenvalue weighted by Crippen LogP contribution is 2.36. The first-order valence-electron chi connectivity index (χ1n) is 12.4. The summed E-state index contributed by atoms with van der Waals surface area (Å²) in [5.74, 6) is 1.51. The molecule has 0 spiro atoms. The van der Waals surface area contributed by atoms with Gasteiger partial charge in [0, 0.05) is 35.9 Å². The third-order valence-electron chi connectivity index (χ3n) is 6.42. The number of imidazole rings is 1. The van der Waals surface area contributed by atoms with E-state index in [2.05, 4.69) is 71.4 Å². The Morgan fingerprint density at radius 2 is 1.64 bits per heavy atom. The minimum absolute atomic E-state index is 0.248. The van der Waals surface area contributed by atoms with Crippen LogP contribution in [0.1, 0.15) is 51.9 Å². The van der Waals surface area contributed by atoms with Crippen LogP contribution in [0.5, 0.6) is 0 Å². The average molecular weight is 462 g/mol. The highest BCUT2D eigenvalue weighted by molar-refractivity contribution is 7.99. The molecule has 1 amide bonds. The van der Waals surface area contributed by atoms with Gasteiger partial charge in [-0.2, -0.15) is 0 Å². The van der Waals surface area contributed by atoms with E-state index < -0.39 is 0 Å². The first-order chi connectivity index (χ1) is 16.3. The Bertz CT molecular complexity index is 1010. The number of hydrogen-bond donors (Lipinski definition) is 1. The average Bonchev–Trinajstić information content (AvgIpc) is 3.26. The van der Waals surface area contributed by atoms with Gasteiger partial charge in [0.05, 0.1) is 11.4 Å². The second kappa shape index (κ2) is 12.1. The number of carbonyl (C=O) groups excluding carboxylic acids is 1. The molecule has 174 valence electrons. The zero-order valence-electron chi connectivity index (χ0n) is 19.6. The molecular formula is C28H35N3OS. The van der Waals surface area contributed by atoms with Crippen molar-refractivity contribution in [1.29, 1.82) is 0 Å². The first kappa shape index (κ1) is 23.6. The maximum absolute atomic E-state index is 12.3. The number of aromatic nitrogens is 2. The van der Waals surface area contributed by atoms with Gasteiger partial charge in [0.15, 0.2) is 5.16 Å². The maximum Gasteiger partial charge on any atom is 0.223 e. The van der Waals surface area contributed by atoms with Crippen LogP contribution in [0.3, 0.4) is 0 Å². The summed E-state index contributed by atoms with van der Waals surface area (Å²) in [5.41, 5.74) is 4.58. The van der Waals surface area contributed by atoms with Crippen molar-refractivity contribution in [2.24, 2.45) is 5.92 Å². The van der Waals surface area contributed by atoms with Gasteiger partial charge in [-0.05, 0) is 32.6 Å². The van der Waals surface area contributed by atoms with Gasteiger partial charge >= 0.3 is 0 Å². The molecule has 1 fully saturated rings. The summed E-state index contributed by atoms with van der Waals surface area (Å²) in [6.45, 7) is 3.85. The molecule has 4 rings (SSSR count). The standard InChI is InChI=1S/C28H35N3OS/c1-2-31-26(23-16-8-4-9-17-23)25(22-14-6-3-7-15-22)30-28(31)33-21-13-12-20-29-27(32)24-18-10-5-11-19-24/h3-4,6-9,14-17,24H,2,5,10-13,18-21H2,1H3,(H,29,32). The first-order valence-corrected chi connectivity index (χ1v) is 13.4. The lowest BCUT2D eigenvalue weighted by atomic mass is 9.89. The lowest BCUT2D eigenvalue weighted by Crippen LogP contribution is -2.32. The summed E-state index contributed by atoms with van der Waals surface area (Å²) in [7, 11) is 0. The van der Waals surface area contributed by atoms with Gasteiger partial charge < -0.3 is 9.88 Å². The predicted octanol–water partition coefficient (Wildman–Crippen LogP) is 6.81. The Kier molecular flexibility index (Phi) is 8.65. The number of carbonyl (C=O) groups is 1. The van der Waals surface area contributed by atoms with E-state index in [1.807, 2.05) is 17.8 Å². The number of nitrogens with one attached hydrogen (secondary N) is 1. The summed E-state index contributed by atoms with van der Waals surface area (Å²) in [6, 6.07) is 21.0. The van der Waals surface area contributed by atoms with E-state index in [-0.39, 0.29) is 11.8 Å². The van der Waals surface area contributed by atoms with Crippen LogP contribution < -0.4 is 5.32 Å². The number of hydrogen-bond acceptors (Lipinski definition) is 3. The van der Waals surface area contributed by atoms with E-state index in [1.165, 1.54) is 30.5 Å². The highest BCUT2D eigenvalue weighted by Gasteiger charge is 2.21. The van der Waals surface area contributed by atoms with E-state index in [0.717, 1.165) is 60.9 Å². The van der Waals surface area contributed by atoms with Crippen molar-refractivity contribution < 1.29 is 4.79 Å². The van der Waals surface area contributed by atoms with Crippen LogP contribution in [0.2, 0.25) is 0 Å². The van der Waals surface area contributed by atoms with Crippen molar-refractivity contribution in [3.8, 4) is 22.5 Å². The lowest BCUT2D eigenvalue weighted by molar-refractivity contribution is -0.125. The van der Waals surface area contributed by atoms with Gasteiger partial charge in [-0.25, -0.2) is 4.98 Å². The second-order valence-corrected chi connectivity index (χ2v) is 9.81. The lowest BCUT2D eigenvalue weighted by Gasteiger charge is -2.20. The second-order valence-electron chi connectivity index (χ2n) is 8.75. The Morgan fingerprint density at radius 1 is 0.970 bits per heavy atom. The number of unbranched alkanes of at least 4 members (excludes halogenated alkanes) is 1. The molecule has 0 bridgehead atoms. The van der Waals surface area contributed by atoms with Crippen LogP contribution in [0.25, 0.3) is 22.5 Å². The maximum atomic E-state index is 12.3. The van der Waals surface area contributed by atoms with Crippen LogP contribution in [0.4, 0.5) is 0 Å². The summed E-state index contributed by atoms with van der Waals surface area (Å²) in [4.78, 5) is 17.4. The van der Waals surface area contributed by atoms with E-state index in [9.17, 15) is 4.79 Å². The smallest absolute Gasteiger partial charge is 0.223 e.